The number of H-pyrrole nitrogens is 1. The van der Waals surface area contributed by atoms with Crippen LogP contribution in [-0.2, 0) is 16.0 Å². The van der Waals surface area contributed by atoms with Gasteiger partial charge in [0, 0.05) is 12.5 Å². The highest BCUT2D eigenvalue weighted by Crippen LogP contribution is 2.21. The topological polar surface area (TPSA) is 84.1 Å². The number of benzene rings is 1. The van der Waals surface area contributed by atoms with Crippen molar-refractivity contribution < 1.29 is 14.3 Å². The summed E-state index contributed by atoms with van der Waals surface area (Å²) < 4.78 is 5.14. The summed E-state index contributed by atoms with van der Waals surface area (Å²) in [5.74, 6) is -0.362. The van der Waals surface area contributed by atoms with Crippen molar-refractivity contribution in [3.05, 3.63) is 47.7 Å². The largest absolute Gasteiger partial charge is 0.448 e. The van der Waals surface area contributed by atoms with Crippen molar-refractivity contribution in [2.24, 2.45) is 0 Å². The predicted octanol–water partition coefficient (Wildman–Crippen LogP) is 1.13. The van der Waals surface area contributed by atoms with Crippen molar-refractivity contribution in [1.29, 1.82) is 0 Å². The molecule has 1 unspecified atom stereocenters. The lowest BCUT2D eigenvalue weighted by molar-refractivity contribution is -0.125. The van der Waals surface area contributed by atoms with E-state index in [1.54, 1.807) is 18.2 Å². The van der Waals surface area contributed by atoms with Crippen LogP contribution in [0.5, 0.6) is 0 Å². The first kappa shape index (κ1) is 11.5. The Kier molecular flexibility index (Phi) is 2.75. The summed E-state index contributed by atoms with van der Waals surface area (Å²) in [7, 11) is 0. The zero-order chi connectivity index (χ0) is 13.2. The second kappa shape index (κ2) is 4.56. The van der Waals surface area contributed by atoms with Gasteiger partial charge in [-0.25, -0.2) is 4.79 Å². The molecule has 0 bridgehead atoms. The Balaban J connectivity index is 1.78. The van der Waals surface area contributed by atoms with Crippen LogP contribution >= 0.6 is 0 Å². The SMILES string of the molecule is O=C1OC(C(=O)Nc2ccn[nH]2)Cc2ccccc21. The zero-order valence-corrected chi connectivity index (χ0v) is 9.92. The second-order valence-corrected chi connectivity index (χ2v) is 4.21. The number of amides is 1. The quantitative estimate of drug-likeness (QED) is 0.790. The van der Waals surface area contributed by atoms with Crippen molar-refractivity contribution in [2.75, 3.05) is 5.32 Å². The molecule has 96 valence electrons. The lowest BCUT2D eigenvalue weighted by atomic mass is 9.98. The molecule has 0 radical (unpaired) electrons. The summed E-state index contributed by atoms with van der Waals surface area (Å²) in [6.07, 6.45) is 1.09. The van der Waals surface area contributed by atoms with Crippen LogP contribution in [0, 0.1) is 0 Å². The number of cyclic esters (lactones) is 1. The second-order valence-electron chi connectivity index (χ2n) is 4.21. The summed E-state index contributed by atoms with van der Waals surface area (Å²) in [5.41, 5.74) is 1.34. The van der Waals surface area contributed by atoms with Crippen LogP contribution in [0.2, 0.25) is 0 Å². The molecule has 6 heteroatoms. The van der Waals surface area contributed by atoms with E-state index in [0.29, 0.717) is 17.8 Å². The minimum atomic E-state index is -0.814. The van der Waals surface area contributed by atoms with Crippen molar-refractivity contribution >= 4 is 17.7 Å². The third kappa shape index (κ3) is 2.20. The third-order valence-electron chi connectivity index (χ3n) is 2.94. The van der Waals surface area contributed by atoms with Gasteiger partial charge in [-0.3, -0.25) is 9.89 Å². The van der Waals surface area contributed by atoms with Crippen molar-refractivity contribution in [2.45, 2.75) is 12.5 Å². The van der Waals surface area contributed by atoms with Crippen LogP contribution in [0.4, 0.5) is 5.82 Å². The van der Waals surface area contributed by atoms with Crippen molar-refractivity contribution in [3.63, 3.8) is 0 Å². The van der Waals surface area contributed by atoms with E-state index in [4.69, 9.17) is 4.74 Å². The van der Waals surface area contributed by atoms with Gasteiger partial charge in [-0.1, -0.05) is 18.2 Å². The van der Waals surface area contributed by atoms with E-state index in [1.165, 1.54) is 6.20 Å². The summed E-state index contributed by atoms with van der Waals surface area (Å²) in [6, 6.07) is 8.75. The molecule has 1 aliphatic rings. The van der Waals surface area contributed by atoms with Gasteiger partial charge < -0.3 is 10.1 Å². The standard InChI is InChI=1S/C13H11N3O3/c17-12(15-11-5-6-14-16-11)10-7-8-3-1-2-4-9(8)13(18)19-10/h1-6,10H,7H2,(H2,14,15,16,17). The number of hydrogen-bond acceptors (Lipinski definition) is 4. The number of rotatable bonds is 2. The first-order chi connectivity index (χ1) is 9.24. The molecular weight excluding hydrogens is 246 g/mol. The van der Waals surface area contributed by atoms with Gasteiger partial charge in [-0.2, -0.15) is 5.10 Å². The Morgan fingerprint density at radius 2 is 2.21 bits per heavy atom. The highest BCUT2D eigenvalue weighted by Gasteiger charge is 2.31. The number of ether oxygens (including phenoxy) is 1. The molecule has 0 fully saturated rings. The molecule has 6 nitrogen and oxygen atoms in total. The number of carbonyl (C=O) groups excluding carboxylic acids is 2. The fourth-order valence-corrected chi connectivity index (χ4v) is 2.02. The molecule has 1 aromatic carbocycles. The number of anilines is 1. The van der Waals surface area contributed by atoms with Gasteiger partial charge in [0.2, 0.25) is 0 Å². The number of fused-ring (bicyclic) bond motifs is 1. The molecule has 3 rings (SSSR count). The summed E-state index contributed by atoms with van der Waals surface area (Å²) >= 11 is 0. The Labute approximate surface area is 108 Å². The number of aromatic nitrogens is 2. The average Bonchev–Trinajstić information content (AvgIpc) is 2.91. The van der Waals surface area contributed by atoms with E-state index >= 15 is 0 Å². The summed E-state index contributed by atoms with van der Waals surface area (Å²) in [6.45, 7) is 0. The van der Waals surface area contributed by atoms with Gasteiger partial charge in [0.1, 0.15) is 5.82 Å². The first-order valence-corrected chi connectivity index (χ1v) is 5.83. The Bertz CT molecular complexity index is 622. The Morgan fingerprint density at radius 3 is 3.00 bits per heavy atom. The van der Waals surface area contributed by atoms with Crippen LogP contribution in [0.3, 0.4) is 0 Å². The molecule has 19 heavy (non-hydrogen) atoms. The van der Waals surface area contributed by atoms with Crippen molar-refractivity contribution in [1.82, 2.24) is 10.2 Å². The molecule has 0 spiro atoms. The van der Waals surface area contributed by atoms with E-state index in [9.17, 15) is 9.59 Å². The average molecular weight is 257 g/mol. The van der Waals surface area contributed by atoms with Crippen LogP contribution in [-0.4, -0.2) is 28.2 Å². The van der Waals surface area contributed by atoms with Gasteiger partial charge in [-0.15, -0.1) is 0 Å². The first-order valence-electron chi connectivity index (χ1n) is 5.83. The van der Waals surface area contributed by atoms with E-state index in [2.05, 4.69) is 15.5 Å². The molecule has 1 aromatic heterocycles. The highest BCUT2D eigenvalue weighted by molar-refractivity contribution is 5.99. The number of carbonyl (C=O) groups is 2. The lowest BCUT2D eigenvalue weighted by Crippen LogP contribution is -2.38. The molecular formula is C13H11N3O3. The fraction of sp³-hybridized carbons (Fsp3) is 0.154. The highest BCUT2D eigenvalue weighted by atomic mass is 16.5. The monoisotopic (exact) mass is 257 g/mol. The van der Waals surface area contributed by atoms with Crippen LogP contribution in [0.15, 0.2) is 36.5 Å². The predicted molar refractivity (Wildman–Crippen MR) is 66.6 cm³/mol. The molecule has 0 saturated heterocycles. The molecule has 0 saturated carbocycles. The number of aromatic amines is 1. The smallest absolute Gasteiger partial charge is 0.339 e. The van der Waals surface area contributed by atoms with E-state index in [0.717, 1.165) is 5.56 Å². The maximum atomic E-state index is 12.0. The maximum Gasteiger partial charge on any atom is 0.339 e. The molecule has 0 aliphatic carbocycles. The molecule has 2 N–H and O–H groups in total. The molecule has 1 atom stereocenters. The minimum absolute atomic E-state index is 0.368. The van der Waals surface area contributed by atoms with Gasteiger partial charge >= 0.3 is 5.97 Å². The minimum Gasteiger partial charge on any atom is -0.448 e. The van der Waals surface area contributed by atoms with Gasteiger partial charge in [0.25, 0.3) is 5.91 Å². The Hall–Kier alpha value is -2.63. The lowest BCUT2D eigenvalue weighted by Gasteiger charge is -2.23. The third-order valence-corrected chi connectivity index (χ3v) is 2.94. The molecule has 1 amide bonds. The van der Waals surface area contributed by atoms with Crippen LogP contribution < -0.4 is 5.32 Å². The van der Waals surface area contributed by atoms with Gasteiger partial charge in [-0.05, 0) is 11.6 Å². The normalized spacial score (nSPS) is 17.5. The maximum absolute atomic E-state index is 12.0. The fourth-order valence-electron chi connectivity index (χ4n) is 2.02. The number of hydrogen-bond donors (Lipinski definition) is 2. The van der Waals surface area contributed by atoms with Crippen molar-refractivity contribution in [3.8, 4) is 0 Å². The van der Waals surface area contributed by atoms with E-state index in [-0.39, 0.29) is 5.91 Å². The van der Waals surface area contributed by atoms with Crippen LogP contribution in [0.25, 0.3) is 0 Å². The van der Waals surface area contributed by atoms with Gasteiger partial charge in [0.05, 0.1) is 11.8 Å². The number of nitrogens with zero attached hydrogens (tertiary/aromatic N) is 1. The van der Waals surface area contributed by atoms with Gasteiger partial charge in [0.15, 0.2) is 6.10 Å². The number of esters is 1. The molecule has 2 aromatic rings. The van der Waals surface area contributed by atoms with Crippen LogP contribution in [0.1, 0.15) is 15.9 Å². The van der Waals surface area contributed by atoms with E-state index in [1.807, 2.05) is 12.1 Å². The summed E-state index contributed by atoms with van der Waals surface area (Å²) in [4.78, 5) is 23.8. The number of nitrogens with one attached hydrogen (secondary N) is 2. The van der Waals surface area contributed by atoms with E-state index < -0.39 is 12.1 Å². The molecule has 1 aliphatic heterocycles. The Morgan fingerprint density at radius 1 is 1.37 bits per heavy atom. The molecule has 2 heterocycles. The zero-order valence-electron chi connectivity index (χ0n) is 9.92. The summed E-state index contributed by atoms with van der Waals surface area (Å²) in [5, 5.41) is 8.95.